The van der Waals surface area contributed by atoms with Gasteiger partial charge in [0.05, 0.1) is 11.6 Å². The maximum atomic E-state index is 13.7. The Labute approximate surface area is 174 Å². The number of aromatic nitrogens is 4. The molecule has 1 fully saturated rings. The molecule has 154 valence electrons. The van der Waals surface area contributed by atoms with Gasteiger partial charge < -0.3 is 15.2 Å². The number of rotatable bonds is 4. The van der Waals surface area contributed by atoms with Crippen LogP contribution in [0.1, 0.15) is 25.7 Å². The lowest BCUT2D eigenvalue weighted by molar-refractivity contribution is 0.221. The molecule has 0 unspecified atom stereocenters. The van der Waals surface area contributed by atoms with Crippen LogP contribution in [0.3, 0.4) is 0 Å². The van der Waals surface area contributed by atoms with Gasteiger partial charge in [-0.1, -0.05) is 6.07 Å². The molecule has 1 aliphatic carbocycles. The van der Waals surface area contributed by atoms with E-state index in [1.165, 1.54) is 25.1 Å². The van der Waals surface area contributed by atoms with Crippen LogP contribution in [-0.4, -0.2) is 51.0 Å². The number of fused-ring (bicyclic) bond motifs is 3. The van der Waals surface area contributed by atoms with E-state index < -0.39 is 0 Å². The summed E-state index contributed by atoms with van der Waals surface area (Å²) in [5, 5.41) is 5.67. The van der Waals surface area contributed by atoms with E-state index in [-0.39, 0.29) is 5.82 Å². The predicted octanol–water partition coefficient (Wildman–Crippen LogP) is 4.60. The summed E-state index contributed by atoms with van der Waals surface area (Å²) in [4.78, 5) is 18.7. The summed E-state index contributed by atoms with van der Waals surface area (Å²) in [7, 11) is 4.31. The van der Waals surface area contributed by atoms with E-state index in [4.69, 9.17) is 0 Å². The van der Waals surface area contributed by atoms with Gasteiger partial charge in [0.25, 0.3) is 0 Å². The minimum absolute atomic E-state index is 0.342. The molecule has 5 rings (SSSR count). The highest BCUT2D eigenvalue weighted by atomic mass is 19.1. The van der Waals surface area contributed by atoms with E-state index >= 15 is 0 Å². The minimum Gasteiger partial charge on any atom is -0.367 e. The summed E-state index contributed by atoms with van der Waals surface area (Å²) < 4.78 is 13.7. The standard InChI is InChI=1S/C23H25FN6/c1-30(2)18-6-4-17(5-7-18)28-22-21-19-10-14(15-9-16(24)12-25-11-15)3-8-20(19)29-23(21)27-13-26-22/h3,8-13,17-18H,4-7H2,1-2H3,(H2,26,27,28,29)/t17-,18-. The lowest BCUT2D eigenvalue weighted by Gasteiger charge is -2.33. The zero-order valence-corrected chi connectivity index (χ0v) is 17.2. The first-order chi connectivity index (χ1) is 14.6. The van der Waals surface area contributed by atoms with Crippen molar-refractivity contribution in [1.82, 2.24) is 24.8 Å². The molecule has 1 aromatic carbocycles. The van der Waals surface area contributed by atoms with Crippen LogP contribution in [0.15, 0.2) is 43.0 Å². The maximum absolute atomic E-state index is 13.7. The third-order valence-corrected chi connectivity index (χ3v) is 6.20. The molecule has 4 aromatic rings. The van der Waals surface area contributed by atoms with Crippen molar-refractivity contribution in [2.45, 2.75) is 37.8 Å². The molecule has 6 nitrogen and oxygen atoms in total. The average Bonchev–Trinajstić information content (AvgIpc) is 3.13. The Balaban J connectivity index is 1.51. The molecule has 3 heterocycles. The second kappa shape index (κ2) is 7.65. The van der Waals surface area contributed by atoms with E-state index in [1.807, 2.05) is 12.1 Å². The van der Waals surface area contributed by atoms with Gasteiger partial charge in [0.15, 0.2) is 0 Å². The summed E-state index contributed by atoms with van der Waals surface area (Å²) in [5.74, 6) is 0.514. The molecule has 30 heavy (non-hydrogen) atoms. The largest absolute Gasteiger partial charge is 0.367 e. The third-order valence-electron chi connectivity index (χ3n) is 6.20. The summed E-state index contributed by atoms with van der Waals surface area (Å²) in [5.41, 5.74) is 3.45. The summed E-state index contributed by atoms with van der Waals surface area (Å²) >= 11 is 0. The van der Waals surface area contributed by atoms with Gasteiger partial charge in [-0.25, -0.2) is 14.4 Å². The molecule has 3 aromatic heterocycles. The molecule has 0 saturated heterocycles. The maximum Gasteiger partial charge on any atom is 0.143 e. The Morgan fingerprint density at radius 3 is 2.63 bits per heavy atom. The molecule has 0 bridgehead atoms. The lowest BCUT2D eigenvalue weighted by atomic mass is 9.90. The number of anilines is 1. The van der Waals surface area contributed by atoms with E-state index in [2.05, 4.69) is 50.3 Å². The molecule has 0 spiro atoms. The average molecular weight is 404 g/mol. The first kappa shape index (κ1) is 18.9. The molecule has 0 radical (unpaired) electrons. The second-order valence-corrected chi connectivity index (χ2v) is 8.34. The number of H-pyrrole nitrogens is 1. The molecule has 1 saturated carbocycles. The van der Waals surface area contributed by atoms with E-state index in [0.29, 0.717) is 12.1 Å². The van der Waals surface area contributed by atoms with Crippen LogP contribution in [0.5, 0.6) is 0 Å². The van der Waals surface area contributed by atoms with Crippen LogP contribution in [0.25, 0.3) is 33.1 Å². The van der Waals surface area contributed by atoms with E-state index in [9.17, 15) is 4.39 Å². The van der Waals surface area contributed by atoms with Gasteiger partial charge >= 0.3 is 0 Å². The van der Waals surface area contributed by atoms with Crippen LogP contribution >= 0.6 is 0 Å². The topological polar surface area (TPSA) is 69.7 Å². The molecular weight excluding hydrogens is 379 g/mol. The SMILES string of the molecule is CN(C)[C@H]1CC[C@H](Nc2ncnc3[nH]c4ccc(-c5cncc(F)c5)cc4c23)CC1. The van der Waals surface area contributed by atoms with E-state index in [0.717, 1.165) is 51.7 Å². The van der Waals surface area contributed by atoms with Crippen molar-refractivity contribution in [2.75, 3.05) is 19.4 Å². The highest BCUT2D eigenvalue weighted by molar-refractivity contribution is 6.12. The normalized spacial score (nSPS) is 19.6. The fraction of sp³-hybridized carbons (Fsp3) is 0.348. The van der Waals surface area contributed by atoms with Gasteiger partial charge in [0, 0.05) is 34.7 Å². The first-order valence-corrected chi connectivity index (χ1v) is 10.4. The van der Waals surface area contributed by atoms with Gasteiger partial charge in [-0.2, -0.15) is 0 Å². The number of benzene rings is 1. The molecule has 0 aliphatic heterocycles. The fourth-order valence-corrected chi connectivity index (χ4v) is 4.51. The third kappa shape index (κ3) is 3.50. The zero-order valence-electron chi connectivity index (χ0n) is 17.2. The number of hydrogen-bond acceptors (Lipinski definition) is 5. The number of aromatic amines is 1. The van der Waals surface area contributed by atoms with Gasteiger partial charge in [0.2, 0.25) is 0 Å². The minimum atomic E-state index is -0.342. The number of nitrogens with one attached hydrogen (secondary N) is 2. The van der Waals surface area contributed by atoms with Crippen LogP contribution < -0.4 is 5.32 Å². The Hall–Kier alpha value is -3.06. The molecular formula is C23H25FN6. The van der Waals surface area contributed by atoms with Crippen molar-refractivity contribution in [3.05, 3.63) is 48.8 Å². The quantitative estimate of drug-likeness (QED) is 0.520. The number of halogens is 1. The zero-order chi connectivity index (χ0) is 20.7. The fourth-order valence-electron chi connectivity index (χ4n) is 4.51. The highest BCUT2D eigenvalue weighted by Crippen LogP contribution is 2.34. The first-order valence-electron chi connectivity index (χ1n) is 10.4. The van der Waals surface area contributed by atoms with Crippen LogP contribution in [0, 0.1) is 5.82 Å². The Morgan fingerprint density at radius 2 is 1.87 bits per heavy atom. The highest BCUT2D eigenvalue weighted by Gasteiger charge is 2.23. The van der Waals surface area contributed by atoms with Gasteiger partial charge in [-0.3, -0.25) is 4.98 Å². The molecule has 2 N–H and O–H groups in total. The monoisotopic (exact) mass is 404 g/mol. The van der Waals surface area contributed by atoms with Gasteiger partial charge in [-0.15, -0.1) is 0 Å². The van der Waals surface area contributed by atoms with Gasteiger partial charge in [-0.05, 0) is 63.5 Å². The molecule has 1 aliphatic rings. The van der Waals surface area contributed by atoms with Crippen molar-refractivity contribution in [1.29, 1.82) is 0 Å². The van der Waals surface area contributed by atoms with Crippen LogP contribution in [0.2, 0.25) is 0 Å². The van der Waals surface area contributed by atoms with Crippen molar-refractivity contribution in [3.8, 4) is 11.1 Å². The van der Waals surface area contributed by atoms with E-state index in [1.54, 1.807) is 12.5 Å². The Bertz CT molecular complexity index is 1190. The number of pyridine rings is 1. The molecule has 7 heteroatoms. The summed E-state index contributed by atoms with van der Waals surface area (Å²) in [6.07, 6.45) is 9.11. The van der Waals surface area contributed by atoms with Crippen LogP contribution in [-0.2, 0) is 0 Å². The van der Waals surface area contributed by atoms with Crippen LogP contribution in [0.4, 0.5) is 10.2 Å². The van der Waals surface area contributed by atoms with Gasteiger partial charge in [0.1, 0.15) is 23.6 Å². The molecule has 0 amide bonds. The van der Waals surface area contributed by atoms with Crippen molar-refractivity contribution >= 4 is 27.8 Å². The number of hydrogen-bond donors (Lipinski definition) is 2. The Kier molecular flexibility index (Phi) is 4.83. The second-order valence-electron chi connectivity index (χ2n) is 8.34. The predicted molar refractivity (Wildman–Crippen MR) is 118 cm³/mol. The smallest absolute Gasteiger partial charge is 0.143 e. The van der Waals surface area contributed by atoms with Crippen molar-refractivity contribution in [2.24, 2.45) is 0 Å². The molecule has 0 atom stereocenters. The Morgan fingerprint density at radius 1 is 1.03 bits per heavy atom. The lowest BCUT2D eigenvalue weighted by Crippen LogP contribution is -2.36. The van der Waals surface area contributed by atoms with Crippen molar-refractivity contribution < 1.29 is 4.39 Å². The summed E-state index contributed by atoms with van der Waals surface area (Å²) in [6, 6.07) is 8.59. The number of nitrogens with zero attached hydrogens (tertiary/aromatic N) is 4. The van der Waals surface area contributed by atoms with Crippen molar-refractivity contribution in [3.63, 3.8) is 0 Å². The summed E-state index contributed by atoms with van der Waals surface area (Å²) in [6.45, 7) is 0.